The lowest BCUT2D eigenvalue weighted by atomic mass is 10.2. The molecule has 0 bridgehead atoms. The van der Waals surface area contributed by atoms with Crippen LogP contribution in [0.1, 0.15) is 25.3 Å². The minimum atomic E-state index is -0.467. The second-order valence-corrected chi connectivity index (χ2v) is 6.08. The molecule has 122 valence electrons. The highest BCUT2D eigenvalue weighted by Gasteiger charge is 2.23. The van der Waals surface area contributed by atoms with E-state index in [1.54, 1.807) is 24.3 Å². The SMILES string of the molecule is CCCCN1CNc2c(c(=O)[nH]c(=O)n2-c2cccc(Cl)c2)C1. The lowest BCUT2D eigenvalue weighted by Crippen LogP contribution is -2.43. The molecule has 23 heavy (non-hydrogen) atoms. The Hall–Kier alpha value is -2.05. The summed E-state index contributed by atoms with van der Waals surface area (Å²) in [4.78, 5) is 29.0. The first-order chi connectivity index (χ1) is 11.1. The molecule has 2 heterocycles. The first-order valence-electron chi connectivity index (χ1n) is 7.70. The van der Waals surface area contributed by atoms with Crippen LogP contribution < -0.4 is 16.6 Å². The number of benzene rings is 1. The average Bonchev–Trinajstić information content (AvgIpc) is 2.53. The van der Waals surface area contributed by atoms with Gasteiger partial charge in [-0.15, -0.1) is 0 Å². The van der Waals surface area contributed by atoms with Gasteiger partial charge in [-0.2, -0.15) is 0 Å². The summed E-state index contributed by atoms with van der Waals surface area (Å²) in [6.07, 6.45) is 2.17. The maximum atomic E-state index is 12.3. The van der Waals surface area contributed by atoms with Crippen molar-refractivity contribution in [1.82, 2.24) is 14.5 Å². The highest BCUT2D eigenvalue weighted by atomic mass is 35.5. The number of hydrogen-bond donors (Lipinski definition) is 2. The van der Waals surface area contributed by atoms with Crippen LogP contribution in [0, 0.1) is 0 Å². The smallest absolute Gasteiger partial charge is 0.334 e. The van der Waals surface area contributed by atoms with Crippen LogP contribution in [-0.4, -0.2) is 27.7 Å². The first kappa shape index (κ1) is 15.8. The second-order valence-electron chi connectivity index (χ2n) is 5.64. The van der Waals surface area contributed by atoms with Gasteiger partial charge in [0, 0.05) is 18.1 Å². The zero-order valence-electron chi connectivity index (χ0n) is 12.9. The number of anilines is 1. The van der Waals surface area contributed by atoms with Crippen molar-refractivity contribution in [2.24, 2.45) is 0 Å². The Morgan fingerprint density at radius 1 is 1.30 bits per heavy atom. The Balaban J connectivity index is 2.07. The molecule has 0 aliphatic carbocycles. The lowest BCUT2D eigenvalue weighted by molar-refractivity contribution is 0.268. The molecular weight excluding hydrogens is 316 g/mol. The topological polar surface area (TPSA) is 70.1 Å². The van der Waals surface area contributed by atoms with Crippen LogP contribution in [-0.2, 0) is 6.54 Å². The summed E-state index contributed by atoms with van der Waals surface area (Å²) in [5.74, 6) is 0.550. The van der Waals surface area contributed by atoms with Gasteiger partial charge in [0.25, 0.3) is 5.56 Å². The van der Waals surface area contributed by atoms with Crippen LogP contribution in [0.15, 0.2) is 33.9 Å². The number of aromatic nitrogens is 2. The van der Waals surface area contributed by atoms with Gasteiger partial charge in [0.2, 0.25) is 0 Å². The maximum absolute atomic E-state index is 12.3. The van der Waals surface area contributed by atoms with E-state index in [1.165, 1.54) is 4.57 Å². The number of aromatic amines is 1. The Morgan fingerprint density at radius 3 is 2.87 bits per heavy atom. The van der Waals surface area contributed by atoms with Gasteiger partial charge in [0.05, 0.1) is 17.9 Å². The van der Waals surface area contributed by atoms with Crippen molar-refractivity contribution in [1.29, 1.82) is 0 Å². The molecule has 0 amide bonds. The fourth-order valence-corrected chi connectivity index (χ4v) is 2.96. The third-order valence-corrected chi connectivity index (χ3v) is 4.19. The Kier molecular flexibility index (Phi) is 4.54. The average molecular weight is 335 g/mol. The number of nitrogens with one attached hydrogen (secondary N) is 2. The minimum Gasteiger partial charge on any atom is -0.358 e. The summed E-state index contributed by atoms with van der Waals surface area (Å²) in [5, 5.41) is 3.75. The third kappa shape index (κ3) is 3.18. The Labute approximate surface area is 138 Å². The highest BCUT2D eigenvalue weighted by Crippen LogP contribution is 2.22. The van der Waals surface area contributed by atoms with Gasteiger partial charge in [0.15, 0.2) is 0 Å². The molecule has 3 rings (SSSR count). The van der Waals surface area contributed by atoms with Crippen LogP contribution in [0.3, 0.4) is 0 Å². The van der Waals surface area contributed by atoms with Gasteiger partial charge in [0.1, 0.15) is 5.82 Å². The van der Waals surface area contributed by atoms with E-state index in [0.29, 0.717) is 35.3 Å². The predicted molar refractivity (Wildman–Crippen MR) is 91.5 cm³/mol. The first-order valence-corrected chi connectivity index (χ1v) is 8.08. The number of unbranched alkanes of at least 4 members (excludes halogenated alkanes) is 1. The summed E-state index contributed by atoms with van der Waals surface area (Å²) < 4.78 is 1.47. The van der Waals surface area contributed by atoms with Crippen molar-refractivity contribution < 1.29 is 0 Å². The molecule has 1 aliphatic rings. The van der Waals surface area contributed by atoms with Gasteiger partial charge in [-0.1, -0.05) is 31.0 Å². The molecule has 0 unspecified atom stereocenters. The standard InChI is InChI=1S/C16H19ClN4O2/c1-2-3-7-20-9-13-14(18-10-20)21(16(23)19-15(13)22)12-6-4-5-11(17)8-12/h4-6,8,18H,2-3,7,9-10H2,1H3,(H,19,22,23). The molecule has 1 aromatic carbocycles. The predicted octanol–water partition coefficient (Wildman–Crippen LogP) is 2.16. The molecule has 2 aromatic rings. The molecule has 0 saturated heterocycles. The zero-order valence-corrected chi connectivity index (χ0v) is 13.7. The van der Waals surface area contributed by atoms with E-state index in [1.807, 2.05) is 0 Å². The molecule has 0 radical (unpaired) electrons. The maximum Gasteiger partial charge on any atom is 0.334 e. The van der Waals surface area contributed by atoms with E-state index in [0.717, 1.165) is 19.4 Å². The van der Waals surface area contributed by atoms with E-state index in [2.05, 4.69) is 22.1 Å². The van der Waals surface area contributed by atoms with Crippen molar-refractivity contribution >= 4 is 17.4 Å². The van der Waals surface area contributed by atoms with Gasteiger partial charge in [-0.25, -0.2) is 9.36 Å². The van der Waals surface area contributed by atoms with E-state index in [-0.39, 0.29) is 5.56 Å². The third-order valence-electron chi connectivity index (χ3n) is 3.95. The van der Waals surface area contributed by atoms with E-state index in [9.17, 15) is 9.59 Å². The summed E-state index contributed by atoms with van der Waals surface area (Å²) in [5.41, 5.74) is 0.402. The van der Waals surface area contributed by atoms with Gasteiger partial charge < -0.3 is 5.32 Å². The van der Waals surface area contributed by atoms with Crippen LogP contribution in [0.4, 0.5) is 5.82 Å². The monoisotopic (exact) mass is 334 g/mol. The van der Waals surface area contributed by atoms with Crippen molar-refractivity contribution in [3.63, 3.8) is 0 Å². The zero-order chi connectivity index (χ0) is 16.4. The fraction of sp³-hybridized carbons (Fsp3) is 0.375. The molecule has 0 spiro atoms. The van der Waals surface area contributed by atoms with Gasteiger partial charge in [-0.3, -0.25) is 14.7 Å². The molecular formula is C16H19ClN4O2. The lowest BCUT2D eigenvalue weighted by Gasteiger charge is -2.30. The van der Waals surface area contributed by atoms with Crippen molar-refractivity contribution in [2.75, 3.05) is 18.5 Å². The Bertz CT molecular complexity index is 828. The van der Waals surface area contributed by atoms with Crippen LogP contribution in [0.25, 0.3) is 5.69 Å². The number of hydrogen-bond acceptors (Lipinski definition) is 4. The fourth-order valence-electron chi connectivity index (χ4n) is 2.77. The van der Waals surface area contributed by atoms with Crippen LogP contribution in [0.2, 0.25) is 5.02 Å². The number of nitrogens with zero attached hydrogens (tertiary/aromatic N) is 2. The minimum absolute atomic E-state index is 0.336. The van der Waals surface area contributed by atoms with Crippen molar-refractivity contribution in [3.8, 4) is 5.69 Å². The summed E-state index contributed by atoms with van der Waals surface area (Å²) in [7, 11) is 0. The summed E-state index contributed by atoms with van der Waals surface area (Å²) in [6, 6.07) is 7.01. The molecule has 2 N–H and O–H groups in total. The number of H-pyrrole nitrogens is 1. The van der Waals surface area contributed by atoms with Crippen LogP contribution >= 0.6 is 11.6 Å². The van der Waals surface area contributed by atoms with Crippen LogP contribution in [0.5, 0.6) is 0 Å². The Morgan fingerprint density at radius 2 is 2.13 bits per heavy atom. The quantitative estimate of drug-likeness (QED) is 0.899. The number of halogens is 1. The van der Waals surface area contributed by atoms with Gasteiger partial charge in [-0.05, 0) is 24.6 Å². The molecule has 0 saturated carbocycles. The number of fused-ring (bicyclic) bond motifs is 1. The molecule has 0 fully saturated rings. The normalized spacial score (nSPS) is 14.3. The number of rotatable bonds is 4. The molecule has 1 aliphatic heterocycles. The van der Waals surface area contributed by atoms with E-state index in [4.69, 9.17) is 11.6 Å². The molecule has 7 heteroatoms. The second kappa shape index (κ2) is 6.60. The van der Waals surface area contributed by atoms with Crippen molar-refractivity contribution in [3.05, 3.63) is 55.7 Å². The van der Waals surface area contributed by atoms with Gasteiger partial charge >= 0.3 is 5.69 Å². The van der Waals surface area contributed by atoms with E-state index < -0.39 is 5.69 Å². The van der Waals surface area contributed by atoms with E-state index >= 15 is 0 Å². The highest BCUT2D eigenvalue weighted by molar-refractivity contribution is 6.30. The largest absolute Gasteiger partial charge is 0.358 e. The molecule has 1 aromatic heterocycles. The molecule has 6 nitrogen and oxygen atoms in total. The molecule has 0 atom stereocenters. The summed E-state index contributed by atoms with van der Waals surface area (Å²) in [6.45, 7) is 4.18. The summed E-state index contributed by atoms with van der Waals surface area (Å²) >= 11 is 6.03. The van der Waals surface area contributed by atoms with Crippen molar-refractivity contribution in [2.45, 2.75) is 26.3 Å².